The number of aliphatic hydroxyl groups excluding tert-OH is 2. The van der Waals surface area contributed by atoms with Gasteiger partial charge in [-0.3, -0.25) is 4.79 Å². The Bertz CT molecular complexity index is 952. The third-order valence-corrected chi connectivity index (χ3v) is 10.9. The van der Waals surface area contributed by atoms with Crippen molar-refractivity contribution >= 4 is 11.8 Å². The molecule has 1 unspecified atom stereocenters. The fourth-order valence-electron chi connectivity index (χ4n) is 9.19. The number of hydrogen-bond acceptors (Lipinski definition) is 6. The normalized spacial score (nSPS) is 51.3. The Balaban J connectivity index is 1.24. The van der Waals surface area contributed by atoms with Crippen LogP contribution in [0.3, 0.4) is 0 Å². The number of epoxide rings is 1. The standard InChI is InChI=1S/C27H36O6/c1-13-10-21(32-25(31)17(13)12-28)14(2)18-4-5-19-16-11-23-27(33-23)22(30)7-6-20(29)24(27)15(16)8-9-26(18,19)3/h6-7,14-16,18-19,21-24,28,30H,4-5,8-12H2,1-3H3/t14-,15-,16+,18+,19-,21+,22-,23+,24?,26+,27+/m0/s1. The smallest absolute Gasteiger partial charge is 0.336 e. The number of ether oxygens (including phenoxy) is 2. The fraction of sp³-hybridized carbons (Fsp3) is 0.778. The van der Waals surface area contributed by atoms with Crippen molar-refractivity contribution in [3.05, 3.63) is 23.3 Å². The van der Waals surface area contributed by atoms with Gasteiger partial charge in [-0.25, -0.2) is 4.79 Å². The molecule has 3 saturated carbocycles. The summed E-state index contributed by atoms with van der Waals surface area (Å²) in [5, 5.41) is 20.2. The number of rotatable bonds is 3. The molecule has 2 heterocycles. The van der Waals surface area contributed by atoms with Gasteiger partial charge in [0.1, 0.15) is 17.8 Å². The maximum atomic E-state index is 13.0. The van der Waals surface area contributed by atoms with Gasteiger partial charge in [0, 0.05) is 6.42 Å². The summed E-state index contributed by atoms with van der Waals surface area (Å²) in [6, 6.07) is 0. The van der Waals surface area contributed by atoms with Gasteiger partial charge in [-0.2, -0.15) is 0 Å². The molecule has 0 aromatic carbocycles. The van der Waals surface area contributed by atoms with Crippen molar-refractivity contribution in [2.24, 2.45) is 40.9 Å². The molecular weight excluding hydrogens is 420 g/mol. The van der Waals surface area contributed by atoms with E-state index < -0.39 is 11.7 Å². The van der Waals surface area contributed by atoms with E-state index in [4.69, 9.17) is 9.47 Å². The quantitative estimate of drug-likeness (QED) is 0.501. The number of carbonyl (C=O) groups is 2. The Labute approximate surface area is 195 Å². The average molecular weight is 457 g/mol. The molecule has 0 bridgehead atoms. The molecule has 4 aliphatic carbocycles. The molecule has 6 heteroatoms. The Morgan fingerprint density at radius 1 is 1.21 bits per heavy atom. The van der Waals surface area contributed by atoms with Crippen molar-refractivity contribution in [2.75, 3.05) is 6.61 Å². The van der Waals surface area contributed by atoms with Gasteiger partial charge in [-0.05, 0) is 86.2 Å². The first-order valence-corrected chi connectivity index (χ1v) is 12.8. The van der Waals surface area contributed by atoms with Crippen molar-refractivity contribution in [1.82, 2.24) is 0 Å². The van der Waals surface area contributed by atoms with E-state index in [1.54, 1.807) is 12.2 Å². The summed E-state index contributed by atoms with van der Waals surface area (Å²) < 4.78 is 12.0. The van der Waals surface area contributed by atoms with Crippen LogP contribution in [0.25, 0.3) is 0 Å². The lowest BCUT2D eigenvalue weighted by atomic mass is 9.49. The van der Waals surface area contributed by atoms with Crippen LogP contribution < -0.4 is 0 Å². The van der Waals surface area contributed by atoms with Crippen LogP contribution in [0.15, 0.2) is 23.3 Å². The summed E-state index contributed by atoms with van der Waals surface area (Å²) in [6.07, 6.45) is 8.36. The zero-order valence-corrected chi connectivity index (χ0v) is 19.8. The highest BCUT2D eigenvalue weighted by atomic mass is 16.6. The van der Waals surface area contributed by atoms with E-state index in [1.165, 1.54) is 0 Å². The molecule has 0 aromatic heterocycles. The highest BCUT2D eigenvalue weighted by molar-refractivity contribution is 5.95. The van der Waals surface area contributed by atoms with Crippen molar-refractivity contribution in [3.8, 4) is 0 Å². The molecule has 0 amide bonds. The second-order valence-electron chi connectivity index (χ2n) is 12.0. The maximum Gasteiger partial charge on any atom is 0.336 e. The number of esters is 1. The summed E-state index contributed by atoms with van der Waals surface area (Å²) in [5.41, 5.74) is 0.864. The van der Waals surface area contributed by atoms with Crippen LogP contribution in [0.4, 0.5) is 0 Å². The largest absolute Gasteiger partial charge is 0.458 e. The Hall–Kier alpha value is -1.50. The summed E-state index contributed by atoms with van der Waals surface area (Å²) in [7, 11) is 0. The first-order chi connectivity index (χ1) is 15.7. The van der Waals surface area contributed by atoms with Gasteiger partial charge in [0.05, 0.1) is 24.2 Å². The Kier molecular flexibility index (Phi) is 4.83. The van der Waals surface area contributed by atoms with Gasteiger partial charge in [-0.15, -0.1) is 0 Å². The fourth-order valence-corrected chi connectivity index (χ4v) is 9.19. The summed E-state index contributed by atoms with van der Waals surface area (Å²) in [4.78, 5) is 25.4. The molecule has 0 aromatic rings. The topological polar surface area (TPSA) is 96.4 Å². The van der Waals surface area contributed by atoms with E-state index in [1.807, 2.05) is 6.92 Å². The van der Waals surface area contributed by atoms with Gasteiger partial charge < -0.3 is 19.7 Å². The molecule has 6 aliphatic rings. The molecule has 4 fully saturated rings. The summed E-state index contributed by atoms with van der Waals surface area (Å²) in [5.74, 6) is 1.55. The predicted molar refractivity (Wildman–Crippen MR) is 120 cm³/mol. The maximum absolute atomic E-state index is 13.0. The molecular formula is C27H36O6. The van der Waals surface area contributed by atoms with E-state index in [9.17, 15) is 19.8 Å². The molecule has 33 heavy (non-hydrogen) atoms. The number of carbonyl (C=O) groups excluding carboxylic acids is 2. The van der Waals surface area contributed by atoms with Crippen LogP contribution in [0.1, 0.15) is 59.3 Å². The van der Waals surface area contributed by atoms with Gasteiger partial charge >= 0.3 is 5.97 Å². The zero-order valence-electron chi connectivity index (χ0n) is 19.8. The monoisotopic (exact) mass is 456 g/mol. The molecule has 1 spiro atoms. The van der Waals surface area contributed by atoms with Crippen LogP contribution >= 0.6 is 0 Å². The van der Waals surface area contributed by atoms with Crippen molar-refractivity contribution in [1.29, 1.82) is 0 Å². The third-order valence-electron chi connectivity index (χ3n) is 10.9. The van der Waals surface area contributed by atoms with Gasteiger partial charge in [0.25, 0.3) is 0 Å². The number of ketones is 1. The van der Waals surface area contributed by atoms with Crippen LogP contribution in [0.2, 0.25) is 0 Å². The molecule has 6 nitrogen and oxygen atoms in total. The lowest BCUT2D eigenvalue weighted by Crippen LogP contribution is -2.57. The molecule has 11 atom stereocenters. The highest BCUT2D eigenvalue weighted by Crippen LogP contribution is 2.69. The lowest BCUT2D eigenvalue weighted by molar-refractivity contribution is -0.152. The first kappa shape index (κ1) is 22.0. The summed E-state index contributed by atoms with van der Waals surface area (Å²) >= 11 is 0. The number of allylic oxidation sites excluding steroid dienone is 1. The van der Waals surface area contributed by atoms with Crippen LogP contribution in [0, 0.1) is 40.9 Å². The minimum atomic E-state index is -0.670. The first-order valence-electron chi connectivity index (χ1n) is 12.8. The van der Waals surface area contributed by atoms with E-state index in [-0.39, 0.29) is 53.7 Å². The Morgan fingerprint density at radius 3 is 2.73 bits per heavy atom. The second-order valence-corrected chi connectivity index (χ2v) is 12.0. The molecule has 6 rings (SSSR count). The van der Waals surface area contributed by atoms with E-state index in [2.05, 4.69) is 13.8 Å². The predicted octanol–water partition coefficient (Wildman–Crippen LogP) is 2.96. The number of fused-ring (bicyclic) bond motifs is 4. The van der Waals surface area contributed by atoms with Gasteiger partial charge in [-0.1, -0.05) is 19.4 Å². The average Bonchev–Trinajstić information content (AvgIpc) is 3.40. The molecule has 2 aliphatic heterocycles. The third kappa shape index (κ3) is 2.83. The molecule has 2 N–H and O–H groups in total. The van der Waals surface area contributed by atoms with E-state index in [0.717, 1.165) is 37.7 Å². The van der Waals surface area contributed by atoms with E-state index >= 15 is 0 Å². The van der Waals surface area contributed by atoms with Crippen molar-refractivity contribution < 1.29 is 29.3 Å². The van der Waals surface area contributed by atoms with Crippen LogP contribution in [0.5, 0.6) is 0 Å². The number of hydrogen-bond donors (Lipinski definition) is 2. The molecule has 1 saturated heterocycles. The SMILES string of the molecule is CC1=C(CO)C(=O)O[C@@H]([C@@H](C)[C@H]2CC[C@H]3[C@@H]4C[C@H]5O[C@@]56C(C(=O)C=C[C@@H]6O)[C@H]4CC[C@]23C)C1. The van der Waals surface area contributed by atoms with Crippen molar-refractivity contribution in [3.63, 3.8) is 0 Å². The lowest BCUT2D eigenvalue weighted by Gasteiger charge is -2.54. The minimum absolute atomic E-state index is 0.00420. The molecule has 180 valence electrons. The zero-order chi connectivity index (χ0) is 23.3. The van der Waals surface area contributed by atoms with Crippen LogP contribution in [-0.4, -0.2) is 52.5 Å². The van der Waals surface area contributed by atoms with E-state index in [0.29, 0.717) is 29.7 Å². The second kappa shape index (κ2) is 7.25. The highest BCUT2D eigenvalue weighted by Gasteiger charge is 2.75. The Morgan fingerprint density at radius 2 is 2.00 bits per heavy atom. The minimum Gasteiger partial charge on any atom is -0.458 e. The number of aliphatic hydroxyl groups is 2. The van der Waals surface area contributed by atoms with Crippen molar-refractivity contribution in [2.45, 2.75) is 83.2 Å². The summed E-state index contributed by atoms with van der Waals surface area (Å²) in [6.45, 7) is 6.35. The molecule has 0 radical (unpaired) electrons. The van der Waals surface area contributed by atoms with Gasteiger partial charge in [0.2, 0.25) is 0 Å². The van der Waals surface area contributed by atoms with Gasteiger partial charge in [0.15, 0.2) is 5.78 Å². The number of cyclic esters (lactones) is 1. The van der Waals surface area contributed by atoms with Crippen LogP contribution in [-0.2, 0) is 19.1 Å².